The highest BCUT2D eigenvalue weighted by Crippen LogP contribution is 2.31. The molecular formula is C34H52N6O3. The van der Waals surface area contributed by atoms with Gasteiger partial charge in [0.1, 0.15) is 0 Å². The first-order chi connectivity index (χ1) is 21.0. The van der Waals surface area contributed by atoms with Crippen molar-refractivity contribution in [3.05, 3.63) is 52.8 Å². The Bertz CT molecular complexity index is 1270. The number of aromatic nitrogens is 3. The molecule has 1 aliphatic rings. The number of hydrogen-bond donors (Lipinski definition) is 3. The number of anilines is 1. The first kappa shape index (κ1) is 32.9. The van der Waals surface area contributed by atoms with Crippen molar-refractivity contribution in [1.29, 1.82) is 0 Å². The quantitative estimate of drug-likeness (QED) is 0.171. The Kier molecular flexibility index (Phi) is 13.3. The second-order valence-corrected chi connectivity index (χ2v) is 11.8. The van der Waals surface area contributed by atoms with Crippen molar-refractivity contribution in [2.45, 2.75) is 97.2 Å². The van der Waals surface area contributed by atoms with Crippen LogP contribution in [-0.4, -0.2) is 76.7 Å². The summed E-state index contributed by atoms with van der Waals surface area (Å²) in [5.74, 6) is -0.0698. The van der Waals surface area contributed by atoms with E-state index >= 15 is 0 Å². The average Bonchev–Trinajstić information content (AvgIpc) is 3.45. The number of nitrogens with one attached hydrogen (secondary N) is 2. The number of aliphatic hydroxyl groups excluding tert-OH is 1. The van der Waals surface area contributed by atoms with Crippen molar-refractivity contribution >= 4 is 22.6 Å². The molecule has 1 fully saturated rings. The van der Waals surface area contributed by atoms with Crippen molar-refractivity contribution in [2.75, 3.05) is 45.3 Å². The number of ether oxygens (including phenoxy) is 1. The van der Waals surface area contributed by atoms with Crippen LogP contribution in [0.3, 0.4) is 0 Å². The maximum atomic E-state index is 13.2. The third kappa shape index (κ3) is 9.49. The first-order valence-electron chi connectivity index (χ1n) is 16.4. The van der Waals surface area contributed by atoms with Crippen LogP contribution in [0.1, 0.15) is 92.4 Å². The number of aryl methyl sites for hydroxylation is 3. The van der Waals surface area contributed by atoms with E-state index in [1.807, 2.05) is 23.0 Å². The van der Waals surface area contributed by atoms with Crippen molar-refractivity contribution in [1.82, 2.24) is 25.0 Å². The molecule has 0 radical (unpaired) electrons. The summed E-state index contributed by atoms with van der Waals surface area (Å²) in [7, 11) is 2.07. The van der Waals surface area contributed by atoms with Gasteiger partial charge in [-0.25, -0.2) is 9.67 Å². The Morgan fingerprint density at radius 1 is 1.05 bits per heavy atom. The maximum Gasteiger partial charge on any atom is 0.251 e. The zero-order valence-corrected chi connectivity index (χ0v) is 26.5. The van der Waals surface area contributed by atoms with Gasteiger partial charge in [-0.05, 0) is 76.7 Å². The fraction of sp³-hybridized carbons (Fsp3) is 0.618. The Hall–Kier alpha value is -3.01. The lowest BCUT2D eigenvalue weighted by Crippen LogP contribution is -2.30. The van der Waals surface area contributed by atoms with Crippen LogP contribution in [0.4, 0.5) is 5.69 Å². The molecule has 2 aromatic heterocycles. The Morgan fingerprint density at radius 2 is 1.77 bits per heavy atom. The highest BCUT2D eigenvalue weighted by Gasteiger charge is 2.22. The number of nitrogens with zero attached hydrogens (tertiary/aromatic N) is 4. The fourth-order valence-electron chi connectivity index (χ4n) is 5.89. The number of amides is 1. The SMILES string of the molecule is CCc1nc2c(cnn2CC)c(NC2CCOCC2)c1CNC(=O)c1ccc(CCCCCCCCN(C)CCO)cc1. The van der Waals surface area contributed by atoms with Crippen LogP contribution in [0.25, 0.3) is 11.0 Å². The zero-order valence-electron chi connectivity index (χ0n) is 26.5. The molecule has 0 spiro atoms. The highest BCUT2D eigenvalue weighted by atomic mass is 16.5. The molecule has 9 heteroatoms. The summed E-state index contributed by atoms with van der Waals surface area (Å²) in [6, 6.07) is 8.40. The van der Waals surface area contributed by atoms with Gasteiger partial charge in [0.25, 0.3) is 5.91 Å². The minimum absolute atomic E-state index is 0.0698. The van der Waals surface area contributed by atoms with Gasteiger partial charge in [0.2, 0.25) is 0 Å². The second kappa shape index (κ2) is 17.3. The summed E-state index contributed by atoms with van der Waals surface area (Å²) in [4.78, 5) is 20.4. The van der Waals surface area contributed by atoms with E-state index in [1.165, 1.54) is 44.1 Å². The van der Waals surface area contributed by atoms with Gasteiger partial charge >= 0.3 is 0 Å². The smallest absolute Gasteiger partial charge is 0.251 e. The molecule has 9 nitrogen and oxygen atoms in total. The second-order valence-electron chi connectivity index (χ2n) is 11.8. The van der Waals surface area contributed by atoms with E-state index in [4.69, 9.17) is 14.8 Å². The molecular weight excluding hydrogens is 540 g/mol. The summed E-state index contributed by atoms with van der Waals surface area (Å²) in [6.07, 6.45) is 13.0. The summed E-state index contributed by atoms with van der Waals surface area (Å²) in [6.45, 7) is 8.93. The zero-order chi connectivity index (χ0) is 30.4. The maximum absolute atomic E-state index is 13.2. The molecule has 0 saturated carbocycles. The van der Waals surface area contributed by atoms with Gasteiger partial charge in [-0.3, -0.25) is 4.79 Å². The molecule has 0 aliphatic carbocycles. The molecule has 0 bridgehead atoms. The van der Waals surface area contributed by atoms with Crippen LogP contribution in [-0.2, 0) is 30.7 Å². The highest BCUT2D eigenvalue weighted by molar-refractivity contribution is 5.95. The molecule has 0 atom stereocenters. The number of hydrogen-bond acceptors (Lipinski definition) is 7. The first-order valence-corrected chi connectivity index (χ1v) is 16.4. The van der Waals surface area contributed by atoms with E-state index in [1.54, 1.807) is 0 Å². The third-order valence-corrected chi connectivity index (χ3v) is 8.55. The molecule has 236 valence electrons. The van der Waals surface area contributed by atoms with Gasteiger partial charge in [-0.15, -0.1) is 0 Å². The number of benzene rings is 1. The Labute approximate surface area is 257 Å². The van der Waals surface area contributed by atoms with E-state index in [0.717, 1.165) is 86.5 Å². The minimum atomic E-state index is -0.0698. The van der Waals surface area contributed by atoms with Gasteiger partial charge in [-0.1, -0.05) is 44.7 Å². The topological polar surface area (TPSA) is 105 Å². The summed E-state index contributed by atoms with van der Waals surface area (Å²) >= 11 is 0. The van der Waals surface area contributed by atoms with Crippen molar-refractivity contribution in [3.8, 4) is 0 Å². The summed E-state index contributed by atoms with van der Waals surface area (Å²) < 4.78 is 7.52. The van der Waals surface area contributed by atoms with Gasteiger partial charge in [-0.2, -0.15) is 5.10 Å². The van der Waals surface area contributed by atoms with Crippen LogP contribution in [0.5, 0.6) is 0 Å². The predicted molar refractivity (Wildman–Crippen MR) is 174 cm³/mol. The predicted octanol–water partition coefficient (Wildman–Crippen LogP) is 5.34. The lowest BCUT2D eigenvalue weighted by atomic mass is 10.0. The Morgan fingerprint density at radius 3 is 2.47 bits per heavy atom. The van der Waals surface area contributed by atoms with Gasteiger partial charge in [0, 0.05) is 55.7 Å². The van der Waals surface area contributed by atoms with Crippen LogP contribution in [0, 0.1) is 0 Å². The largest absolute Gasteiger partial charge is 0.395 e. The average molecular weight is 593 g/mol. The molecule has 4 rings (SSSR count). The molecule has 43 heavy (non-hydrogen) atoms. The molecule has 3 heterocycles. The minimum Gasteiger partial charge on any atom is -0.395 e. The lowest BCUT2D eigenvalue weighted by molar-refractivity contribution is 0.0904. The van der Waals surface area contributed by atoms with Crippen LogP contribution >= 0.6 is 0 Å². The van der Waals surface area contributed by atoms with E-state index < -0.39 is 0 Å². The van der Waals surface area contributed by atoms with Crippen molar-refractivity contribution in [3.63, 3.8) is 0 Å². The van der Waals surface area contributed by atoms with Crippen LogP contribution in [0.15, 0.2) is 30.5 Å². The normalized spacial score (nSPS) is 14.1. The van der Waals surface area contributed by atoms with E-state index in [9.17, 15) is 4.79 Å². The Balaban J connectivity index is 1.30. The molecule has 0 unspecified atom stereocenters. The number of pyridine rings is 1. The van der Waals surface area contributed by atoms with E-state index in [-0.39, 0.29) is 12.5 Å². The van der Waals surface area contributed by atoms with Crippen molar-refractivity contribution in [2.24, 2.45) is 0 Å². The number of rotatable bonds is 18. The monoisotopic (exact) mass is 592 g/mol. The molecule has 3 aromatic rings. The van der Waals surface area contributed by atoms with Gasteiger partial charge in [0.15, 0.2) is 5.65 Å². The molecule has 1 aliphatic heterocycles. The van der Waals surface area contributed by atoms with Gasteiger partial charge in [0.05, 0.1) is 23.9 Å². The lowest BCUT2D eigenvalue weighted by Gasteiger charge is -2.26. The summed E-state index contributed by atoms with van der Waals surface area (Å²) in [5, 5.41) is 21.5. The third-order valence-electron chi connectivity index (χ3n) is 8.55. The molecule has 1 saturated heterocycles. The fourth-order valence-corrected chi connectivity index (χ4v) is 5.89. The van der Waals surface area contributed by atoms with E-state index in [0.29, 0.717) is 18.2 Å². The van der Waals surface area contributed by atoms with Crippen LogP contribution < -0.4 is 10.6 Å². The number of fused-ring (bicyclic) bond motifs is 1. The van der Waals surface area contributed by atoms with E-state index in [2.05, 4.69) is 53.7 Å². The number of aliphatic hydroxyl groups is 1. The standard InChI is InChI=1S/C34H52N6O3/c1-4-31-29(32(37-28-17-22-43-23-18-28)30-25-36-40(5-2)33(30)38-31)24-35-34(42)27-15-13-26(14-16-27)12-10-8-6-7-9-11-19-39(3)20-21-41/h13-16,25,28,41H,4-12,17-24H2,1-3H3,(H,35,42)(H,37,38). The molecule has 1 aromatic carbocycles. The van der Waals surface area contributed by atoms with Gasteiger partial charge < -0.3 is 25.4 Å². The van der Waals surface area contributed by atoms with Crippen LogP contribution in [0.2, 0.25) is 0 Å². The van der Waals surface area contributed by atoms with Crippen molar-refractivity contribution < 1.29 is 14.6 Å². The number of carbonyl (C=O) groups excluding carboxylic acids is 1. The molecule has 1 amide bonds. The number of carbonyl (C=O) groups is 1. The summed E-state index contributed by atoms with van der Waals surface area (Å²) in [5.41, 5.74) is 5.92. The molecule has 3 N–H and O–H groups in total. The number of unbranched alkanes of at least 4 members (excludes halogenated alkanes) is 5. The number of likely N-dealkylation sites (N-methyl/N-ethyl adjacent to an activating group) is 1.